The number of rotatable bonds is 0. The SMILES string of the molecule is CC1=CC2=CC=CCC(C)C2=C1. The highest BCUT2D eigenvalue weighted by Gasteiger charge is 2.16. The van der Waals surface area contributed by atoms with Gasteiger partial charge in [0.2, 0.25) is 0 Å². The van der Waals surface area contributed by atoms with Crippen LogP contribution in [0.15, 0.2) is 47.1 Å². The van der Waals surface area contributed by atoms with Gasteiger partial charge in [-0.15, -0.1) is 0 Å². The summed E-state index contributed by atoms with van der Waals surface area (Å²) >= 11 is 0. The van der Waals surface area contributed by atoms with Gasteiger partial charge in [-0.1, -0.05) is 42.9 Å². The highest BCUT2D eigenvalue weighted by Crippen LogP contribution is 2.32. The summed E-state index contributed by atoms with van der Waals surface area (Å²) in [5.74, 6) is 0.684. The maximum atomic E-state index is 2.31. The molecule has 2 rings (SSSR count). The summed E-state index contributed by atoms with van der Waals surface area (Å²) in [4.78, 5) is 0. The summed E-state index contributed by atoms with van der Waals surface area (Å²) in [6.45, 7) is 4.46. The highest BCUT2D eigenvalue weighted by atomic mass is 14.2. The third kappa shape index (κ3) is 1.18. The topological polar surface area (TPSA) is 0 Å². The normalized spacial score (nSPS) is 27.2. The van der Waals surface area contributed by atoms with E-state index in [0.29, 0.717) is 5.92 Å². The third-order valence-corrected chi connectivity index (χ3v) is 2.53. The lowest BCUT2D eigenvalue weighted by atomic mass is 9.95. The first kappa shape index (κ1) is 7.60. The Balaban J connectivity index is 2.42. The molecule has 0 bridgehead atoms. The summed E-state index contributed by atoms with van der Waals surface area (Å²) in [6.07, 6.45) is 12.4. The summed E-state index contributed by atoms with van der Waals surface area (Å²) in [6, 6.07) is 0. The first-order chi connectivity index (χ1) is 5.77. The first-order valence-electron chi connectivity index (χ1n) is 4.54. The van der Waals surface area contributed by atoms with Crippen molar-refractivity contribution in [1.29, 1.82) is 0 Å². The van der Waals surface area contributed by atoms with E-state index in [9.17, 15) is 0 Å². The van der Waals surface area contributed by atoms with Crippen LogP contribution in [0.1, 0.15) is 20.3 Å². The Morgan fingerprint density at radius 3 is 3.00 bits per heavy atom. The van der Waals surface area contributed by atoms with Crippen LogP contribution in [-0.2, 0) is 0 Å². The van der Waals surface area contributed by atoms with Crippen molar-refractivity contribution >= 4 is 0 Å². The van der Waals surface area contributed by atoms with Crippen LogP contribution in [0.5, 0.6) is 0 Å². The predicted octanol–water partition coefficient (Wildman–Crippen LogP) is 3.40. The molecule has 0 nitrogen and oxygen atoms in total. The van der Waals surface area contributed by atoms with Gasteiger partial charge in [0, 0.05) is 0 Å². The molecule has 1 unspecified atom stereocenters. The molecule has 0 aromatic rings. The van der Waals surface area contributed by atoms with Gasteiger partial charge in [-0.05, 0) is 30.4 Å². The standard InChI is InChI=1S/C12H14/c1-9-7-11-6-4-3-5-10(2)12(11)8-9/h3-4,6-8,10H,5H2,1-2H3. The first-order valence-corrected chi connectivity index (χ1v) is 4.54. The predicted molar refractivity (Wildman–Crippen MR) is 52.8 cm³/mol. The van der Waals surface area contributed by atoms with Crippen LogP contribution >= 0.6 is 0 Å². The molecule has 0 saturated carbocycles. The van der Waals surface area contributed by atoms with Crippen molar-refractivity contribution in [3.63, 3.8) is 0 Å². The van der Waals surface area contributed by atoms with Crippen molar-refractivity contribution < 1.29 is 0 Å². The van der Waals surface area contributed by atoms with Crippen LogP contribution in [-0.4, -0.2) is 0 Å². The molecular weight excluding hydrogens is 144 g/mol. The zero-order valence-corrected chi connectivity index (χ0v) is 7.67. The van der Waals surface area contributed by atoms with Crippen LogP contribution < -0.4 is 0 Å². The Bertz CT molecular complexity index is 311. The Hall–Kier alpha value is -1.04. The second kappa shape index (κ2) is 2.78. The van der Waals surface area contributed by atoms with Gasteiger partial charge in [0.15, 0.2) is 0 Å². The van der Waals surface area contributed by atoms with E-state index in [4.69, 9.17) is 0 Å². The summed E-state index contributed by atoms with van der Waals surface area (Å²) < 4.78 is 0. The molecule has 0 spiro atoms. The maximum absolute atomic E-state index is 2.31. The fourth-order valence-corrected chi connectivity index (χ4v) is 1.85. The van der Waals surface area contributed by atoms with E-state index in [1.807, 2.05) is 0 Å². The quantitative estimate of drug-likeness (QED) is 0.507. The molecule has 0 amide bonds. The summed E-state index contributed by atoms with van der Waals surface area (Å²) in [5.41, 5.74) is 4.31. The van der Waals surface area contributed by atoms with Crippen LogP contribution in [0.4, 0.5) is 0 Å². The average molecular weight is 158 g/mol. The molecule has 0 fully saturated rings. The second-order valence-corrected chi connectivity index (χ2v) is 3.67. The van der Waals surface area contributed by atoms with Crippen LogP contribution in [0.3, 0.4) is 0 Å². The fourth-order valence-electron chi connectivity index (χ4n) is 1.85. The van der Waals surface area contributed by atoms with Gasteiger partial charge in [0.25, 0.3) is 0 Å². The van der Waals surface area contributed by atoms with E-state index in [1.165, 1.54) is 23.1 Å². The Morgan fingerprint density at radius 2 is 2.17 bits per heavy atom. The van der Waals surface area contributed by atoms with E-state index in [2.05, 4.69) is 44.2 Å². The molecule has 1 atom stereocenters. The van der Waals surface area contributed by atoms with Crippen molar-refractivity contribution in [2.24, 2.45) is 5.92 Å². The minimum absolute atomic E-state index is 0.684. The van der Waals surface area contributed by atoms with Gasteiger partial charge in [-0.25, -0.2) is 0 Å². The van der Waals surface area contributed by atoms with Gasteiger partial charge < -0.3 is 0 Å². The molecule has 0 heterocycles. The number of hydrogen-bond acceptors (Lipinski definition) is 0. The molecule has 0 aromatic heterocycles. The molecular formula is C12H14. The van der Waals surface area contributed by atoms with Gasteiger partial charge in [-0.2, -0.15) is 0 Å². The molecule has 0 radical (unpaired) electrons. The maximum Gasteiger partial charge on any atom is -0.0150 e. The minimum Gasteiger partial charge on any atom is -0.0839 e. The molecule has 0 aliphatic heterocycles. The van der Waals surface area contributed by atoms with Crippen molar-refractivity contribution in [3.05, 3.63) is 47.1 Å². The van der Waals surface area contributed by atoms with Crippen LogP contribution in [0.2, 0.25) is 0 Å². The largest absolute Gasteiger partial charge is 0.0839 e. The van der Waals surface area contributed by atoms with Crippen molar-refractivity contribution in [3.8, 4) is 0 Å². The molecule has 2 aliphatic carbocycles. The molecule has 0 N–H and O–H groups in total. The lowest BCUT2D eigenvalue weighted by Gasteiger charge is -2.09. The van der Waals surface area contributed by atoms with Crippen LogP contribution in [0, 0.1) is 5.92 Å². The van der Waals surface area contributed by atoms with E-state index >= 15 is 0 Å². The smallest absolute Gasteiger partial charge is 0.0150 e. The fraction of sp³-hybridized carbons (Fsp3) is 0.333. The zero-order chi connectivity index (χ0) is 8.55. The molecule has 0 aromatic carbocycles. The van der Waals surface area contributed by atoms with Crippen molar-refractivity contribution in [1.82, 2.24) is 0 Å². The van der Waals surface area contributed by atoms with Gasteiger partial charge in [0.05, 0.1) is 0 Å². The molecule has 12 heavy (non-hydrogen) atoms. The van der Waals surface area contributed by atoms with Gasteiger partial charge in [-0.3, -0.25) is 0 Å². The number of fused-ring (bicyclic) bond motifs is 1. The van der Waals surface area contributed by atoms with E-state index in [0.717, 1.165) is 0 Å². The Kier molecular flexibility index (Phi) is 1.76. The molecule has 2 aliphatic rings. The Morgan fingerprint density at radius 1 is 1.33 bits per heavy atom. The van der Waals surface area contributed by atoms with Gasteiger partial charge >= 0.3 is 0 Å². The van der Waals surface area contributed by atoms with Crippen LogP contribution in [0.25, 0.3) is 0 Å². The molecule has 0 saturated heterocycles. The Labute approximate surface area is 74.0 Å². The minimum atomic E-state index is 0.684. The third-order valence-electron chi connectivity index (χ3n) is 2.53. The molecule has 0 heteroatoms. The van der Waals surface area contributed by atoms with E-state index in [-0.39, 0.29) is 0 Å². The average Bonchev–Trinajstić information content (AvgIpc) is 2.33. The summed E-state index contributed by atoms with van der Waals surface area (Å²) in [7, 11) is 0. The molecule has 62 valence electrons. The second-order valence-electron chi connectivity index (χ2n) is 3.67. The number of hydrogen-bond donors (Lipinski definition) is 0. The van der Waals surface area contributed by atoms with E-state index < -0.39 is 0 Å². The van der Waals surface area contributed by atoms with E-state index in [1.54, 1.807) is 0 Å². The lowest BCUT2D eigenvalue weighted by Crippen LogP contribution is -1.96. The van der Waals surface area contributed by atoms with Gasteiger partial charge in [0.1, 0.15) is 0 Å². The van der Waals surface area contributed by atoms with Crippen molar-refractivity contribution in [2.75, 3.05) is 0 Å². The zero-order valence-electron chi connectivity index (χ0n) is 7.67. The number of allylic oxidation sites excluding steroid dienone is 8. The monoisotopic (exact) mass is 158 g/mol. The lowest BCUT2D eigenvalue weighted by molar-refractivity contribution is 0.712. The van der Waals surface area contributed by atoms with Crippen molar-refractivity contribution in [2.45, 2.75) is 20.3 Å². The highest BCUT2D eigenvalue weighted by molar-refractivity contribution is 5.55. The summed E-state index contributed by atoms with van der Waals surface area (Å²) in [5, 5.41) is 0.